The molecule has 0 aromatic heterocycles. The average molecular weight is 329 g/mol. The molecule has 3 atom stereocenters. The standard InChI is InChI=1S/C22H19NO2/c1-14-13-19-23(22(14)24)21(16-8-3-2-4-9-16)20-17-10-6-5-7-15(17)11-12-18(20)25-19/h2-12,14,19,21H,13H2,1H3/t14-,19?,21+/m1/s1. The molecule has 0 N–H and O–H groups in total. The first kappa shape index (κ1) is 14.5. The van der Waals surface area contributed by atoms with E-state index in [4.69, 9.17) is 4.74 Å². The summed E-state index contributed by atoms with van der Waals surface area (Å²) in [6.45, 7) is 1.99. The predicted octanol–water partition coefficient (Wildman–Crippen LogP) is 4.52. The monoisotopic (exact) mass is 329 g/mol. The SMILES string of the molecule is C[C@@H]1CC2Oc3ccc4ccccc4c3[C@H](c3ccccc3)N2C1=O. The van der Waals surface area contributed by atoms with Gasteiger partial charge < -0.3 is 4.74 Å². The molecule has 3 heteroatoms. The number of nitrogens with zero attached hydrogens (tertiary/aromatic N) is 1. The summed E-state index contributed by atoms with van der Waals surface area (Å²) < 4.78 is 6.26. The Morgan fingerprint density at radius 3 is 2.56 bits per heavy atom. The molecule has 0 bridgehead atoms. The number of benzene rings is 3. The summed E-state index contributed by atoms with van der Waals surface area (Å²) in [6.07, 6.45) is 0.565. The van der Waals surface area contributed by atoms with Crippen molar-refractivity contribution in [3.8, 4) is 5.75 Å². The molecule has 0 radical (unpaired) electrons. The van der Waals surface area contributed by atoms with Crippen LogP contribution in [0.3, 0.4) is 0 Å². The minimum Gasteiger partial charge on any atom is -0.470 e. The summed E-state index contributed by atoms with van der Waals surface area (Å²) in [5.41, 5.74) is 2.24. The van der Waals surface area contributed by atoms with Crippen LogP contribution in [0.1, 0.15) is 30.5 Å². The van der Waals surface area contributed by atoms with Gasteiger partial charge in [-0.3, -0.25) is 9.69 Å². The molecule has 1 unspecified atom stereocenters. The lowest BCUT2D eigenvalue weighted by molar-refractivity contribution is -0.138. The van der Waals surface area contributed by atoms with Crippen LogP contribution in [0.5, 0.6) is 5.75 Å². The Morgan fingerprint density at radius 2 is 1.72 bits per heavy atom. The zero-order valence-corrected chi connectivity index (χ0v) is 14.1. The molecule has 1 amide bonds. The van der Waals surface area contributed by atoms with Crippen molar-refractivity contribution in [3.63, 3.8) is 0 Å². The van der Waals surface area contributed by atoms with Crippen LogP contribution in [0, 0.1) is 5.92 Å². The van der Waals surface area contributed by atoms with Crippen molar-refractivity contribution in [2.75, 3.05) is 0 Å². The van der Waals surface area contributed by atoms with E-state index in [1.165, 1.54) is 5.39 Å². The van der Waals surface area contributed by atoms with Crippen LogP contribution in [0.2, 0.25) is 0 Å². The Hall–Kier alpha value is -2.81. The van der Waals surface area contributed by atoms with Gasteiger partial charge in [0.1, 0.15) is 5.75 Å². The maximum Gasteiger partial charge on any atom is 0.229 e. The van der Waals surface area contributed by atoms with Crippen LogP contribution >= 0.6 is 0 Å². The van der Waals surface area contributed by atoms with Crippen molar-refractivity contribution in [1.29, 1.82) is 0 Å². The normalized spacial score (nSPS) is 24.8. The van der Waals surface area contributed by atoms with Crippen LogP contribution in [0.25, 0.3) is 10.8 Å². The maximum absolute atomic E-state index is 12.9. The first-order valence-electron chi connectivity index (χ1n) is 8.79. The van der Waals surface area contributed by atoms with Crippen molar-refractivity contribution in [2.45, 2.75) is 25.6 Å². The van der Waals surface area contributed by atoms with Crippen molar-refractivity contribution >= 4 is 16.7 Å². The first-order chi connectivity index (χ1) is 12.2. The minimum absolute atomic E-state index is 0.00297. The Bertz CT molecular complexity index is 966. The third-order valence-electron chi connectivity index (χ3n) is 5.40. The smallest absolute Gasteiger partial charge is 0.229 e. The largest absolute Gasteiger partial charge is 0.470 e. The summed E-state index contributed by atoms with van der Waals surface area (Å²) in [5, 5.41) is 2.32. The van der Waals surface area contributed by atoms with Crippen molar-refractivity contribution in [1.82, 2.24) is 4.90 Å². The van der Waals surface area contributed by atoms with Crippen molar-refractivity contribution < 1.29 is 9.53 Å². The number of carbonyl (C=O) groups is 1. The molecule has 2 aliphatic heterocycles. The van der Waals surface area contributed by atoms with E-state index < -0.39 is 0 Å². The van der Waals surface area contributed by atoms with Gasteiger partial charge in [-0.25, -0.2) is 0 Å². The van der Waals surface area contributed by atoms with Gasteiger partial charge in [-0.05, 0) is 22.4 Å². The van der Waals surface area contributed by atoms with Crippen molar-refractivity contribution in [3.05, 3.63) is 77.9 Å². The fraction of sp³-hybridized carbons (Fsp3) is 0.227. The molecule has 0 spiro atoms. The van der Waals surface area contributed by atoms with E-state index in [1.807, 2.05) is 42.2 Å². The van der Waals surface area contributed by atoms with Crippen LogP contribution in [-0.2, 0) is 4.79 Å². The zero-order chi connectivity index (χ0) is 17.0. The number of hydrogen-bond donors (Lipinski definition) is 0. The predicted molar refractivity (Wildman–Crippen MR) is 97.3 cm³/mol. The quantitative estimate of drug-likeness (QED) is 0.657. The van der Waals surface area contributed by atoms with Crippen LogP contribution in [-0.4, -0.2) is 17.0 Å². The maximum atomic E-state index is 12.9. The fourth-order valence-corrected chi connectivity index (χ4v) is 4.22. The number of ether oxygens (including phenoxy) is 1. The molecule has 1 fully saturated rings. The van der Waals surface area contributed by atoms with Crippen LogP contribution in [0.15, 0.2) is 66.7 Å². The highest BCUT2D eigenvalue weighted by atomic mass is 16.5. The number of rotatable bonds is 1. The molecule has 3 nitrogen and oxygen atoms in total. The van der Waals surface area contributed by atoms with Crippen LogP contribution in [0.4, 0.5) is 0 Å². The second-order valence-electron chi connectivity index (χ2n) is 6.97. The van der Waals surface area contributed by atoms with Gasteiger partial charge >= 0.3 is 0 Å². The first-order valence-corrected chi connectivity index (χ1v) is 8.79. The molecular weight excluding hydrogens is 310 g/mol. The van der Waals surface area contributed by atoms with E-state index in [-0.39, 0.29) is 24.1 Å². The lowest BCUT2D eigenvalue weighted by atomic mass is 9.90. The van der Waals surface area contributed by atoms with E-state index >= 15 is 0 Å². The van der Waals surface area contributed by atoms with Gasteiger partial charge in [0.25, 0.3) is 0 Å². The zero-order valence-electron chi connectivity index (χ0n) is 14.1. The molecule has 5 rings (SSSR count). The van der Waals surface area contributed by atoms with Gasteiger partial charge in [0.05, 0.1) is 6.04 Å². The van der Waals surface area contributed by atoms with E-state index in [1.54, 1.807) is 0 Å². The Morgan fingerprint density at radius 1 is 0.960 bits per heavy atom. The molecular formula is C22H19NO2. The molecule has 25 heavy (non-hydrogen) atoms. The van der Waals surface area contributed by atoms with E-state index in [0.29, 0.717) is 0 Å². The number of fused-ring (bicyclic) bond motifs is 4. The third-order valence-corrected chi connectivity index (χ3v) is 5.40. The van der Waals surface area contributed by atoms with Crippen LogP contribution < -0.4 is 4.74 Å². The molecule has 2 heterocycles. The summed E-state index contributed by atoms with van der Waals surface area (Å²) in [5.74, 6) is 1.07. The van der Waals surface area contributed by atoms with Crippen molar-refractivity contribution in [2.24, 2.45) is 5.92 Å². The van der Waals surface area contributed by atoms with E-state index in [2.05, 4.69) is 36.4 Å². The third kappa shape index (κ3) is 2.08. The van der Waals surface area contributed by atoms with Gasteiger partial charge in [-0.1, -0.05) is 67.6 Å². The summed E-state index contributed by atoms with van der Waals surface area (Å²) in [7, 11) is 0. The Balaban J connectivity index is 1.81. The molecule has 124 valence electrons. The highest BCUT2D eigenvalue weighted by Gasteiger charge is 2.47. The summed E-state index contributed by atoms with van der Waals surface area (Å²) in [6, 6.07) is 22.7. The van der Waals surface area contributed by atoms with Gasteiger partial charge in [-0.15, -0.1) is 0 Å². The summed E-state index contributed by atoms with van der Waals surface area (Å²) in [4.78, 5) is 14.9. The fourth-order valence-electron chi connectivity index (χ4n) is 4.22. The number of hydrogen-bond acceptors (Lipinski definition) is 2. The second-order valence-corrected chi connectivity index (χ2v) is 6.97. The highest BCUT2D eigenvalue weighted by Crippen LogP contribution is 2.48. The van der Waals surface area contributed by atoms with E-state index in [0.717, 1.165) is 28.7 Å². The minimum atomic E-state index is -0.179. The number of carbonyl (C=O) groups excluding carboxylic acids is 1. The van der Waals surface area contributed by atoms with E-state index in [9.17, 15) is 4.79 Å². The molecule has 3 aromatic carbocycles. The highest BCUT2D eigenvalue weighted by molar-refractivity contribution is 5.91. The second kappa shape index (κ2) is 5.35. The number of amides is 1. The van der Waals surface area contributed by atoms with Gasteiger partial charge in [-0.2, -0.15) is 0 Å². The Kier molecular flexibility index (Phi) is 3.11. The molecule has 3 aromatic rings. The van der Waals surface area contributed by atoms with Gasteiger partial charge in [0.15, 0.2) is 6.23 Å². The molecule has 1 saturated heterocycles. The topological polar surface area (TPSA) is 29.5 Å². The Labute approximate surface area is 146 Å². The molecule has 0 saturated carbocycles. The lowest BCUT2D eigenvalue weighted by Gasteiger charge is -2.40. The van der Waals surface area contributed by atoms with Gasteiger partial charge in [0.2, 0.25) is 5.91 Å². The lowest BCUT2D eigenvalue weighted by Crippen LogP contribution is -2.44. The average Bonchev–Trinajstić information content (AvgIpc) is 2.94. The van der Waals surface area contributed by atoms with Gasteiger partial charge in [0, 0.05) is 17.9 Å². The molecule has 2 aliphatic rings. The summed E-state index contributed by atoms with van der Waals surface area (Å²) >= 11 is 0. The molecule has 0 aliphatic carbocycles.